The smallest absolute Gasteiger partial charge is 0.356 e. The standard InChI is InChI=1S/C12H8ClN3O3/c13-7-3-1-2-4-8(7)16-11(17)9-10(12(18)19)15-6-5-14-9/h1-6H,(H,16,17)(H,18,19). The lowest BCUT2D eigenvalue weighted by atomic mass is 10.2. The van der Waals surface area contributed by atoms with E-state index in [0.29, 0.717) is 10.7 Å². The molecule has 2 aromatic rings. The Bertz CT molecular complexity index is 646. The number of hydrogen-bond donors (Lipinski definition) is 2. The van der Waals surface area contributed by atoms with Gasteiger partial charge in [0.25, 0.3) is 5.91 Å². The third-order valence-corrected chi connectivity index (χ3v) is 2.57. The molecule has 2 rings (SSSR count). The fraction of sp³-hybridized carbons (Fsp3) is 0. The quantitative estimate of drug-likeness (QED) is 0.896. The molecular formula is C12H8ClN3O3. The van der Waals surface area contributed by atoms with E-state index in [-0.39, 0.29) is 5.69 Å². The third-order valence-electron chi connectivity index (χ3n) is 2.24. The van der Waals surface area contributed by atoms with Crippen LogP contribution in [-0.4, -0.2) is 27.0 Å². The molecule has 0 aliphatic carbocycles. The van der Waals surface area contributed by atoms with Crippen LogP contribution in [0.5, 0.6) is 0 Å². The van der Waals surface area contributed by atoms with E-state index in [4.69, 9.17) is 16.7 Å². The number of hydrogen-bond acceptors (Lipinski definition) is 4. The molecule has 1 amide bonds. The molecule has 0 radical (unpaired) electrons. The molecule has 19 heavy (non-hydrogen) atoms. The first-order valence-corrected chi connectivity index (χ1v) is 5.57. The summed E-state index contributed by atoms with van der Waals surface area (Å²) >= 11 is 5.89. The average Bonchev–Trinajstić information content (AvgIpc) is 2.41. The summed E-state index contributed by atoms with van der Waals surface area (Å²) in [7, 11) is 0. The number of anilines is 1. The zero-order valence-corrected chi connectivity index (χ0v) is 10.3. The van der Waals surface area contributed by atoms with E-state index in [0.717, 1.165) is 0 Å². The number of aromatic nitrogens is 2. The number of carboxylic acids is 1. The van der Waals surface area contributed by atoms with E-state index in [9.17, 15) is 9.59 Å². The molecule has 0 atom stereocenters. The lowest BCUT2D eigenvalue weighted by Crippen LogP contribution is -2.19. The molecular weight excluding hydrogens is 270 g/mol. The van der Waals surface area contributed by atoms with Gasteiger partial charge in [0.1, 0.15) is 0 Å². The van der Waals surface area contributed by atoms with E-state index >= 15 is 0 Å². The number of para-hydroxylation sites is 1. The Balaban J connectivity index is 2.31. The van der Waals surface area contributed by atoms with Crippen LogP contribution < -0.4 is 5.32 Å². The largest absolute Gasteiger partial charge is 0.476 e. The predicted molar refractivity (Wildman–Crippen MR) is 68.4 cm³/mol. The average molecular weight is 278 g/mol. The molecule has 7 heteroatoms. The zero-order valence-electron chi connectivity index (χ0n) is 9.50. The Kier molecular flexibility index (Phi) is 3.72. The van der Waals surface area contributed by atoms with Gasteiger partial charge in [0.2, 0.25) is 0 Å². The number of amides is 1. The van der Waals surface area contributed by atoms with Crippen LogP contribution in [0.1, 0.15) is 21.0 Å². The molecule has 0 fully saturated rings. The van der Waals surface area contributed by atoms with Crippen molar-refractivity contribution < 1.29 is 14.7 Å². The van der Waals surface area contributed by atoms with Crippen molar-refractivity contribution >= 4 is 29.2 Å². The van der Waals surface area contributed by atoms with Gasteiger partial charge in [-0.3, -0.25) is 4.79 Å². The lowest BCUT2D eigenvalue weighted by Gasteiger charge is -2.07. The summed E-state index contributed by atoms with van der Waals surface area (Å²) in [6.45, 7) is 0. The second-order valence-corrected chi connectivity index (χ2v) is 3.90. The maximum Gasteiger partial charge on any atom is 0.356 e. The number of nitrogens with zero attached hydrogens (tertiary/aromatic N) is 2. The summed E-state index contributed by atoms with van der Waals surface area (Å²) in [6, 6.07) is 6.60. The third kappa shape index (κ3) is 2.86. The Hall–Kier alpha value is -2.47. The van der Waals surface area contributed by atoms with Crippen LogP contribution in [0.15, 0.2) is 36.7 Å². The monoisotopic (exact) mass is 277 g/mol. The van der Waals surface area contributed by atoms with Crippen molar-refractivity contribution in [3.05, 3.63) is 53.1 Å². The fourth-order valence-electron chi connectivity index (χ4n) is 1.40. The summed E-state index contributed by atoms with van der Waals surface area (Å²) in [5.41, 5.74) is -0.307. The van der Waals surface area contributed by atoms with Crippen LogP contribution in [-0.2, 0) is 0 Å². The van der Waals surface area contributed by atoms with E-state index < -0.39 is 17.6 Å². The van der Waals surface area contributed by atoms with Crippen molar-refractivity contribution in [2.24, 2.45) is 0 Å². The van der Waals surface area contributed by atoms with Crippen molar-refractivity contribution in [1.29, 1.82) is 0 Å². The molecule has 0 spiro atoms. The second kappa shape index (κ2) is 5.45. The lowest BCUT2D eigenvalue weighted by molar-refractivity contribution is 0.0685. The Labute approximate surface area is 113 Å². The molecule has 1 heterocycles. The number of rotatable bonds is 3. The first kappa shape index (κ1) is 13.0. The summed E-state index contributed by atoms with van der Waals surface area (Å²) in [4.78, 5) is 30.2. The topological polar surface area (TPSA) is 92.2 Å². The first-order valence-electron chi connectivity index (χ1n) is 5.20. The van der Waals surface area contributed by atoms with Gasteiger partial charge in [-0.1, -0.05) is 23.7 Å². The van der Waals surface area contributed by atoms with Crippen molar-refractivity contribution in [3.8, 4) is 0 Å². The van der Waals surface area contributed by atoms with E-state index in [2.05, 4.69) is 15.3 Å². The molecule has 1 aromatic heterocycles. The molecule has 0 saturated carbocycles. The van der Waals surface area contributed by atoms with Gasteiger partial charge in [0, 0.05) is 12.4 Å². The van der Waals surface area contributed by atoms with Gasteiger partial charge >= 0.3 is 5.97 Å². The van der Waals surface area contributed by atoms with Gasteiger partial charge in [-0.05, 0) is 12.1 Å². The predicted octanol–water partition coefficient (Wildman–Crippen LogP) is 2.08. The highest BCUT2D eigenvalue weighted by atomic mass is 35.5. The molecule has 6 nitrogen and oxygen atoms in total. The summed E-state index contributed by atoms with van der Waals surface area (Å²) < 4.78 is 0. The minimum absolute atomic E-state index is 0.269. The Morgan fingerprint density at radius 1 is 1.11 bits per heavy atom. The van der Waals surface area contributed by atoms with Gasteiger partial charge in [0.05, 0.1) is 10.7 Å². The highest BCUT2D eigenvalue weighted by Crippen LogP contribution is 2.21. The van der Waals surface area contributed by atoms with Crippen LogP contribution in [0, 0.1) is 0 Å². The van der Waals surface area contributed by atoms with Crippen LogP contribution in [0.25, 0.3) is 0 Å². The molecule has 0 aliphatic heterocycles. The Morgan fingerprint density at radius 3 is 2.37 bits per heavy atom. The minimum atomic E-state index is -1.32. The molecule has 0 bridgehead atoms. The number of halogens is 1. The van der Waals surface area contributed by atoms with Crippen molar-refractivity contribution in [1.82, 2.24) is 9.97 Å². The maximum atomic E-state index is 12.0. The number of carbonyl (C=O) groups excluding carboxylic acids is 1. The van der Waals surface area contributed by atoms with Crippen molar-refractivity contribution in [3.63, 3.8) is 0 Å². The molecule has 0 unspecified atom stereocenters. The molecule has 0 aliphatic rings. The van der Waals surface area contributed by atoms with Gasteiger partial charge in [-0.2, -0.15) is 0 Å². The van der Waals surface area contributed by atoms with Crippen LogP contribution in [0.3, 0.4) is 0 Å². The fourth-order valence-corrected chi connectivity index (χ4v) is 1.59. The van der Waals surface area contributed by atoms with E-state index in [1.807, 2.05) is 0 Å². The summed E-state index contributed by atoms with van der Waals surface area (Å²) in [6.07, 6.45) is 2.45. The molecule has 2 N–H and O–H groups in total. The van der Waals surface area contributed by atoms with Crippen molar-refractivity contribution in [2.75, 3.05) is 5.32 Å². The SMILES string of the molecule is O=C(O)c1nccnc1C(=O)Nc1ccccc1Cl. The zero-order chi connectivity index (χ0) is 13.8. The maximum absolute atomic E-state index is 12.0. The highest BCUT2D eigenvalue weighted by molar-refractivity contribution is 6.33. The molecule has 0 saturated heterocycles. The molecule has 96 valence electrons. The molecule has 1 aromatic carbocycles. The second-order valence-electron chi connectivity index (χ2n) is 3.49. The Morgan fingerprint density at radius 2 is 1.74 bits per heavy atom. The summed E-state index contributed by atoms with van der Waals surface area (Å²) in [5.74, 6) is -2.00. The van der Waals surface area contributed by atoms with Gasteiger partial charge in [-0.25, -0.2) is 14.8 Å². The highest BCUT2D eigenvalue weighted by Gasteiger charge is 2.19. The van der Waals surface area contributed by atoms with Crippen LogP contribution in [0.4, 0.5) is 5.69 Å². The van der Waals surface area contributed by atoms with E-state index in [1.54, 1.807) is 24.3 Å². The number of aromatic carboxylic acids is 1. The van der Waals surface area contributed by atoms with Crippen LogP contribution in [0.2, 0.25) is 5.02 Å². The van der Waals surface area contributed by atoms with Gasteiger partial charge in [0.15, 0.2) is 11.4 Å². The minimum Gasteiger partial charge on any atom is -0.476 e. The number of carbonyl (C=O) groups is 2. The number of benzene rings is 1. The van der Waals surface area contributed by atoms with Gasteiger partial charge in [-0.15, -0.1) is 0 Å². The van der Waals surface area contributed by atoms with Crippen LogP contribution >= 0.6 is 11.6 Å². The summed E-state index contributed by atoms with van der Waals surface area (Å²) in [5, 5.41) is 11.8. The number of carboxylic acid groups (broad SMARTS) is 1. The first-order chi connectivity index (χ1) is 9.09. The van der Waals surface area contributed by atoms with Crippen molar-refractivity contribution in [2.45, 2.75) is 0 Å². The van der Waals surface area contributed by atoms with E-state index in [1.165, 1.54) is 12.4 Å². The van der Waals surface area contributed by atoms with Gasteiger partial charge < -0.3 is 10.4 Å². The normalized spacial score (nSPS) is 9.95. The number of nitrogens with one attached hydrogen (secondary N) is 1.